The zero-order chi connectivity index (χ0) is 16.0. The lowest BCUT2D eigenvalue weighted by Gasteiger charge is -2.31. The molecule has 3 aliphatic rings. The van der Waals surface area contributed by atoms with Crippen LogP contribution >= 0.6 is 11.6 Å². The van der Waals surface area contributed by atoms with E-state index in [1.54, 1.807) is 0 Å². The molecule has 1 aromatic rings. The Balaban J connectivity index is 1.77. The monoisotopic (exact) mass is 328 g/mol. The topological polar surface area (TPSA) is 61.4 Å². The Hall–Kier alpha value is -2.04. The molecule has 1 aliphatic carbocycles. The highest BCUT2D eigenvalue weighted by atomic mass is 35.5. The van der Waals surface area contributed by atoms with Gasteiger partial charge in [-0.1, -0.05) is 48.0 Å². The maximum absolute atomic E-state index is 11.6. The molecule has 5 heteroatoms. The van der Waals surface area contributed by atoms with E-state index in [1.165, 1.54) is 5.57 Å². The number of halogens is 1. The molecule has 4 unspecified atom stereocenters. The molecule has 4 rings (SSSR count). The first-order chi connectivity index (χ1) is 11.1. The van der Waals surface area contributed by atoms with Crippen LogP contribution in [0.4, 0.5) is 0 Å². The third kappa shape index (κ3) is 2.48. The van der Waals surface area contributed by atoms with Gasteiger partial charge < -0.3 is 10.4 Å². The fourth-order valence-corrected chi connectivity index (χ4v) is 3.91. The van der Waals surface area contributed by atoms with Gasteiger partial charge in [-0.05, 0) is 29.7 Å². The average Bonchev–Trinajstić information content (AvgIpc) is 2.92. The van der Waals surface area contributed by atoms with Crippen LogP contribution in [0.25, 0.3) is 0 Å². The fraction of sp³-hybridized carbons (Fsp3) is 0.278. The van der Waals surface area contributed by atoms with Crippen LogP contribution in [0.3, 0.4) is 0 Å². The van der Waals surface area contributed by atoms with Gasteiger partial charge in [-0.3, -0.25) is 10.1 Å². The summed E-state index contributed by atoms with van der Waals surface area (Å²) in [7, 11) is 0. The van der Waals surface area contributed by atoms with Crippen molar-refractivity contribution in [1.29, 1.82) is 0 Å². The lowest BCUT2D eigenvalue weighted by Crippen LogP contribution is -2.44. The third-order valence-corrected chi connectivity index (χ3v) is 5.00. The highest BCUT2D eigenvalue weighted by molar-refractivity contribution is 6.30. The standard InChI is InChI=1S/C18H17ClN2O2/c19-11-5-3-4-10(8-11)16-17-13(9-15(21-16)18(22)23)12-6-1-2-7-14(12)20-17/h1-8,12,14-16,20-21H,9H2,(H,22,23). The average molecular weight is 329 g/mol. The van der Waals surface area contributed by atoms with E-state index in [2.05, 4.69) is 22.8 Å². The second-order valence-corrected chi connectivity index (χ2v) is 6.59. The first-order valence-electron chi connectivity index (χ1n) is 7.72. The van der Waals surface area contributed by atoms with E-state index >= 15 is 0 Å². The SMILES string of the molecule is O=C(O)C1CC2=C(NC3C=CC=CC23)C(c2cccc(Cl)c2)N1. The quantitative estimate of drug-likeness (QED) is 0.781. The largest absolute Gasteiger partial charge is 0.480 e. The Bertz CT molecular complexity index is 753. The Morgan fingerprint density at radius 1 is 1.26 bits per heavy atom. The van der Waals surface area contributed by atoms with Gasteiger partial charge in [0.05, 0.1) is 12.1 Å². The molecule has 4 atom stereocenters. The number of fused-ring (bicyclic) bond motifs is 2. The van der Waals surface area contributed by atoms with Gasteiger partial charge in [-0.25, -0.2) is 0 Å². The van der Waals surface area contributed by atoms with Crippen LogP contribution < -0.4 is 10.6 Å². The van der Waals surface area contributed by atoms with Crippen molar-refractivity contribution in [3.8, 4) is 0 Å². The molecule has 0 saturated carbocycles. The normalized spacial score (nSPS) is 31.5. The molecule has 2 aliphatic heterocycles. The molecule has 0 spiro atoms. The molecule has 0 amide bonds. The lowest BCUT2D eigenvalue weighted by atomic mass is 9.83. The number of carboxylic acid groups (broad SMARTS) is 1. The molecule has 2 heterocycles. The zero-order valence-corrected chi connectivity index (χ0v) is 13.1. The number of carbonyl (C=O) groups is 1. The Kier molecular flexibility index (Phi) is 3.51. The predicted octanol–water partition coefficient (Wildman–Crippen LogP) is 2.80. The van der Waals surface area contributed by atoms with Gasteiger partial charge in [0.25, 0.3) is 0 Å². The Morgan fingerprint density at radius 2 is 2.09 bits per heavy atom. The molecule has 118 valence electrons. The number of carboxylic acids is 1. The second kappa shape index (κ2) is 5.55. The third-order valence-electron chi connectivity index (χ3n) is 4.77. The van der Waals surface area contributed by atoms with Gasteiger partial charge in [0.15, 0.2) is 0 Å². The first kappa shape index (κ1) is 14.5. The summed E-state index contributed by atoms with van der Waals surface area (Å²) in [6.07, 6.45) is 8.87. The van der Waals surface area contributed by atoms with Crippen molar-refractivity contribution >= 4 is 17.6 Å². The number of benzene rings is 1. The number of allylic oxidation sites excluding steroid dienone is 2. The van der Waals surface area contributed by atoms with E-state index in [0.717, 1.165) is 11.3 Å². The molecule has 1 aromatic carbocycles. The smallest absolute Gasteiger partial charge is 0.321 e. The number of rotatable bonds is 2. The van der Waals surface area contributed by atoms with Crippen LogP contribution in [-0.2, 0) is 4.79 Å². The zero-order valence-electron chi connectivity index (χ0n) is 12.4. The summed E-state index contributed by atoms with van der Waals surface area (Å²) in [6.45, 7) is 0. The molecule has 0 saturated heterocycles. The minimum absolute atomic E-state index is 0.175. The van der Waals surface area contributed by atoms with E-state index in [4.69, 9.17) is 11.6 Å². The molecule has 3 N–H and O–H groups in total. The van der Waals surface area contributed by atoms with Crippen molar-refractivity contribution in [2.75, 3.05) is 0 Å². The minimum atomic E-state index is -0.817. The van der Waals surface area contributed by atoms with Crippen molar-refractivity contribution in [1.82, 2.24) is 10.6 Å². The van der Waals surface area contributed by atoms with Crippen molar-refractivity contribution in [3.05, 3.63) is 70.4 Å². The lowest BCUT2D eigenvalue weighted by molar-refractivity contribution is -0.139. The van der Waals surface area contributed by atoms with Crippen LogP contribution in [0.2, 0.25) is 5.02 Å². The molecule has 0 aromatic heterocycles. The van der Waals surface area contributed by atoms with Gasteiger partial charge >= 0.3 is 5.97 Å². The van der Waals surface area contributed by atoms with Crippen molar-refractivity contribution in [2.24, 2.45) is 5.92 Å². The minimum Gasteiger partial charge on any atom is -0.480 e. The van der Waals surface area contributed by atoms with Crippen molar-refractivity contribution in [2.45, 2.75) is 24.5 Å². The van der Waals surface area contributed by atoms with Gasteiger partial charge in [0, 0.05) is 16.6 Å². The van der Waals surface area contributed by atoms with E-state index in [9.17, 15) is 9.90 Å². The summed E-state index contributed by atoms with van der Waals surface area (Å²) >= 11 is 6.12. The van der Waals surface area contributed by atoms with E-state index < -0.39 is 12.0 Å². The summed E-state index contributed by atoms with van der Waals surface area (Å²) in [6, 6.07) is 7.04. The number of aliphatic carboxylic acids is 1. The second-order valence-electron chi connectivity index (χ2n) is 6.15. The summed E-state index contributed by atoms with van der Waals surface area (Å²) < 4.78 is 0. The summed E-state index contributed by atoms with van der Waals surface area (Å²) in [5, 5.41) is 17.0. The maximum atomic E-state index is 11.6. The summed E-state index contributed by atoms with van der Waals surface area (Å²) in [5.74, 6) is -0.581. The van der Waals surface area contributed by atoms with E-state index in [0.29, 0.717) is 11.4 Å². The van der Waals surface area contributed by atoms with Crippen LogP contribution in [-0.4, -0.2) is 23.2 Å². The molecule has 0 fully saturated rings. The van der Waals surface area contributed by atoms with E-state index in [-0.39, 0.29) is 18.0 Å². The molecular weight excluding hydrogens is 312 g/mol. The van der Waals surface area contributed by atoms with Gasteiger partial charge in [-0.15, -0.1) is 0 Å². The predicted molar refractivity (Wildman–Crippen MR) is 89.1 cm³/mol. The number of hydrogen-bond acceptors (Lipinski definition) is 3. The maximum Gasteiger partial charge on any atom is 0.321 e. The molecule has 0 radical (unpaired) electrons. The Morgan fingerprint density at radius 3 is 2.87 bits per heavy atom. The van der Waals surface area contributed by atoms with Crippen LogP contribution in [0.1, 0.15) is 18.0 Å². The number of hydrogen-bond donors (Lipinski definition) is 3. The van der Waals surface area contributed by atoms with Crippen LogP contribution in [0.5, 0.6) is 0 Å². The van der Waals surface area contributed by atoms with E-state index in [1.807, 2.05) is 36.4 Å². The van der Waals surface area contributed by atoms with Gasteiger partial charge in [-0.2, -0.15) is 0 Å². The highest BCUT2D eigenvalue weighted by Crippen LogP contribution is 2.41. The van der Waals surface area contributed by atoms with Crippen molar-refractivity contribution < 1.29 is 9.90 Å². The van der Waals surface area contributed by atoms with Gasteiger partial charge in [0.2, 0.25) is 0 Å². The fourth-order valence-electron chi connectivity index (χ4n) is 3.72. The summed E-state index contributed by atoms with van der Waals surface area (Å²) in [5.41, 5.74) is 3.26. The first-order valence-corrected chi connectivity index (χ1v) is 8.10. The van der Waals surface area contributed by atoms with Gasteiger partial charge in [0.1, 0.15) is 6.04 Å². The molecular formula is C18H17ClN2O2. The van der Waals surface area contributed by atoms with Crippen LogP contribution in [0.15, 0.2) is 59.8 Å². The molecule has 0 bridgehead atoms. The Labute approximate surface area is 139 Å². The highest BCUT2D eigenvalue weighted by Gasteiger charge is 2.42. The van der Waals surface area contributed by atoms with Crippen molar-refractivity contribution in [3.63, 3.8) is 0 Å². The molecule has 23 heavy (non-hydrogen) atoms. The number of nitrogens with one attached hydrogen (secondary N) is 2. The molecule has 4 nitrogen and oxygen atoms in total. The summed E-state index contributed by atoms with van der Waals surface area (Å²) in [4.78, 5) is 11.6. The van der Waals surface area contributed by atoms with Crippen LogP contribution in [0, 0.1) is 5.92 Å².